The fourth-order valence-electron chi connectivity index (χ4n) is 2.72. The van der Waals surface area contributed by atoms with Crippen molar-refractivity contribution in [3.63, 3.8) is 0 Å². The minimum Gasteiger partial charge on any atom is -0.452 e. The lowest BCUT2D eigenvalue weighted by Crippen LogP contribution is -2.22. The zero-order valence-electron chi connectivity index (χ0n) is 15.8. The molecule has 0 unspecified atom stereocenters. The molecule has 142 valence electrons. The van der Waals surface area contributed by atoms with Crippen LogP contribution in [0.5, 0.6) is 0 Å². The van der Waals surface area contributed by atoms with Gasteiger partial charge in [-0.2, -0.15) is 0 Å². The fourth-order valence-corrected chi connectivity index (χ4v) is 2.72. The first-order valence-electron chi connectivity index (χ1n) is 8.90. The van der Waals surface area contributed by atoms with Crippen molar-refractivity contribution in [1.82, 2.24) is 0 Å². The highest BCUT2D eigenvalue weighted by Crippen LogP contribution is 2.22. The van der Waals surface area contributed by atoms with Crippen LogP contribution < -0.4 is 10.6 Å². The Labute approximate surface area is 158 Å². The molecular weight excluding hydrogens is 344 g/mol. The lowest BCUT2D eigenvalue weighted by molar-refractivity contribution is -0.119. The van der Waals surface area contributed by atoms with Gasteiger partial charge in [0.25, 0.3) is 5.91 Å². The van der Waals surface area contributed by atoms with E-state index in [1.54, 1.807) is 18.2 Å². The molecule has 0 fully saturated rings. The molecule has 2 aromatic rings. The molecule has 0 atom stereocenters. The van der Waals surface area contributed by atoms with Crippen LogP contribution in [0, 0.1) is 0 Å². The number of carbonyl (C=O) groups excluding carboxylic acids is 3. The molecule has 0 radical (unpaired) electrons. The number of rotatable bonds is 7. The van der Waals surface area contributed by atoms with E-state index in [1.165, 1.54) is 13.0 Å². The topological polar surface area (TPSA) is 84.5 Å². The quantitative estimate of drug-likeness (QED) is 0.732. The number of carbonyl (C=O) groups is 3. The summed E-state index contributed by atoms with van der Waals surface area (Å²) in [5.74, 6) is -1.25. The average Bonchev–Trinajstić information content (AvgIpc) is 2.66. The highest BCUT2D eigenvalue weighted by atomic mass is 16.5. The Kier molecular flexibility index (Phi) is 7.11. The highest BCUT2D eigenvalue weighted by Gasteiger charge is 2.14. The molecule has 6 heteroatoms. The third kappa shape index (κ3) is 5.67. The molecule has 2 rings (SSSR count). The van der Waals surface area contributed by atoms with Crippen molar-refractivity contribution in [2.75, 3.05) is 17.2 Å². The summed E-state index contributed by atoms with van der Waals surface area (Å²) in [6, 6.07) is 12.3. The van der Waals surface area contributed by atoms with Gasteiger partial charge in [0, 0.05) is 18.3 Å². The molecule has 0 aliphatic carbocycles. The standard InChI is InChI=1S/C21H24N2O4/c1-4-15-8-6-9-16(5-2)20(15)23-19(25)13-27-21(26)17-10-7-11-18(12-17)22-14(3)24/h6-12H,4-5,13H2,1-3H3,(H,22,24)(H,23,25). The van der Waals surface area contributed by atoms with E-state index in [0.717, 1.165) is 29.7 Å². The Morgan fingerprint density at radius 3 is 2.15 bits per heavy atom. The zero-order chi connectivity index (χ0) is 19.8. The molecule has 27 heavy (non-hydrogen) atoms. The summed E-state index contributed by atoms with van der Waals surface area (Å²) in [5.41, 5.74) is 3.62. The summed E-state index contributed by atoms with van der Waals surface area (Å²) >= 11 is 0. The van der Waals surface area contributed by atoms with Crippen molar-refractivity contribution >= 4 is 29.2 Å². The largest absolute Gasteiger partial charge is 0.452 e. The zero-order valence-corrected chi connectivity index (χ0v) is 15.8. The molecule has 2 aromatic carbocycles. The van der Waals surface area contributed by atoms with E-state index in [1.807, 2.05) is 32.0 Å². The smallest absolute Gasteiger partial charge is 0.338 e. The Hall–Kier alpha value is -3.15. The number of ether oxygens (including phenoxy) is 1. The van der Waals surface area contributed by atoms with Gasteiger partial charge >= 0.3 is 5.97 Å². The van der Waals surface area contributed by atoms with Gasteiger partial charge in [-0.05, 0) is 42.2 Å². The van der Waals surface area contributed by atoms with Crippen molar-refractivity contribution in [3.8, 4) is 0 Å². The maximum atomic E-state index is 12.3. The Balaban J connectivity index is 2.00. The van der Waals surface area contributed by atoms with Crippen LogP contribution in [0.25, 0.3) is 0 Å². The molecule has 0 bridgehead atoms. The van der Waals surface area contributed by atoms with Gasteiger partial charge < -0.3 is 15.4 Å². The average molecular weight is 368 g/mol. The fraction of sp³-hybridized carbons (Fsp3) is 0.286. The van der Waals surface area contributed by atoms with Gasteiger partial charge in [-0.1, -0.05) is 38.1 Å². The van der Waals surface area contributed by atoms with Crippen molar-refractivity contribution in [2.45, 2.75) is 33.6 Å². The van der Waals surface area contributed by atoms with Crippen LogP contribution in [0.2, 0.25) is 0 Å². The molecule has 0 saturated heterocycles. The van der Waals surface area contributed by atoms with Crippen LogP contribution in [0.4, 0.5) is 11.4 Å². The third-order valence-corrected chi connectivity index (χ3v) is 4.02. The van der Waals surface area contributed by atoms with E-state index < -0.39 is 11.9 Å². The molecule has 6 nitrogen and oxygen atoms in total. The number of esters is 1. The molecule has 0 spiro atoms. The van der Waals surface area contributed by atoms with Crippen LogP contribution in [0.15, 0.2) is 42.5 Å². The molecule has 0 heterocycles. The maximum absolute atomic E-state index is 12.3. The number of hydrogen-bond acceptors (Lipinski definition) is 4. The second-order valence-electron chi connectivity index (χ2n) is 6.04. The van der Waals surface area contributed by atoms with E-state index in [0.29, 0.717) is 5.69 Å². The minimum atomic E-state index is -0.628. The third-order valence-electron chi connectivity index (χ3n) is 4.02. The number of amides is 2. The van der Waals surface area contributed by atoms with Crippen molar-refractivity contribution in [3.05, 3.63) is 59.2 Å². The van der Waals surface area contributed by atoms with E-state index >= 15 is 0 Å². The van der Waals surface area contributed by atoms with E-state index in [2.05, 4.69) is 10.6 Å². The molecule has 0 aliphatic heterocycles. The number of para-hydroxylation sites is 1. The van der Waals surface area contributed by atoms with E-state index in [-0.39, 0.29) is 18.1 Å². The van der Waals surface area contributed by atoms with Crippen LogP contribution in [0.3, 0.4) is 0 Å². The number of aryl methyl sites for hydroxylation is 2. The molecule has 0 aliphatic rings. The van der Waals surface area contributed by atoms with Crippen molar-refractivity contribution in [1.29, 1.82) is 0 Å². The summed E-state index contributed by atoms with van der Waals surface area (Å²) in [7, 11) is 0. The van der Waals surface area contributed by atoms with Gasteiger partial charge in [-0.25, -0.2) is 4.79 Å². The molecule has 2 N–H and O–H groups in total. The molecular formula is C21H24N2O4. The van der Waals surface area contributed by atoms with Crippen LogP contribution in [-0.4, -0.2) is 24.4 Å². The van der Waals surface area contributed by atoms with E-state index in [4.69, 9.17) is 4.74 Å². The summed E-state index contributed by atoms with van der Waals surface area (Å²) in [4.78, 5) is 35.5. The number of hydrogen-bond donors (Lipinski definition) is 2. The lowest BCUT2D eigenvalue weighted by atomic mass is 10.0. The molecule has 2 amide bonds. The van der Waals surface area contributed by atoms with Crippen LogP contribution >= 0.6 is 0 Å². The van der Waals surface area contributed by atoms with Gasteiger partial charge in [0.1, 0.15) is 0 Å². The number of benzene rings is 2. The molecule has 0 saturated carbocycles. The lowest BCUT2D eigenvalue weighted by Gasteiger charge is -2.14. The second kappa shape index (κ2) is 9.52. The van der Waals surface area contributed by atoms with Crippen molar-refractivity contribution < 1.29 is 19.1 Å². The summed E-state index contributed by atoms with van der Waals surface area (Å²) < 4.78 is 5.11. The first kappa shape index (κ1) is 20.2. The van der Waals surface area contributed by atoms with Crippen LogP contribution in [-0.2, 0) is 27.2 Å². The predicted octanol–water partition coefficient (Wildman–Crippen LogP) is 3.57. The number of anilines is 2. The Morgan fingerprint density at radius 1 is 0.926 bits per heavy atom. The summed E-state index contributed by atoms with van der Waals surface area (Å²) in [6.07, 6.45) is 1.58. The highest BCUT2D eigenvalue weighted by molar-refractivity contribution is 5.97. The Bertz CT molecular complexity index is 824. The second-order valence-corrected chi connectivity index (χ2v) is 6.04. The van der Waals surface area contributed by atoms with E-state index in [9.17, 15) is 14.4 Å². The summed E-state index contributed by atoms with van der Waals surface area (Å²) in [5, 5.41) is 5.45. The Morgan fingerprint density at radius 2 is 1.56 bits per heavy atom. The van der Waals surface area contributed by atoms with Gasteiger partial charge in [0.05, 0.1) is 5.56 Å². The monoisotopic (exact) mass is 368 g/mol. The van der Waals surface area contributed by atoms with Gasteiger partial charge in [0.15, 0.2) is 6.61 Å². The first-order chi connectivity index (χ1) is 12.9. The SMILES string of the molecule is CCc1cccc(CC)c1NC(=O)COC(=O)c1cccc(NC(C)=O)c1. The minimum absolute atomic E-state index is 0.235. The first-order valence-corrected chi connectivity index (χ1v) is 8.90. The predicted molar refractivity (Wildman–Crippen MR) is 105 cm³/mol. The van der Waals surface area contributed by atoms with Gasteiger partial charge in [-0.15, -0.1) is 0 Å². The summed E-state index contributed by atoms with van der Waals surface area (Å²) in [6.45, 7) is 5.04. The van der Waals surface area contributed by atoms with Crippen LogP contribution in [0.1, 0.15) is 42.3 Å². The van der Waals surface area contributed by atoms with Gasteiger partial charge in [-0.3, -0.25) is 9.59 Å². The molecule has 0 aromatic heterocycles. The number of nitrogens with one attached hydrogen (secondary N) is 2. The van der Waals surface area contributed by atoms with Gasteiger partial charge in [0.2, 0.25) is 5.91 Å². The van der Waals surface area contributed by atoms with Crippen molar-refractivity contribution in [2.24, 2.45) is 0 Å². The maximum Gasteiger partial charge on any atom is 0.338 e. The normalized spacial score (nSPS) is 10.2.